The molecule has 2 N–H and O–H groups in total. The Labute approximate surface area is 167 Å². The van der Waals surface area contributed by atoms with E-state index in [1.807, 2.05) is 0 Å². The normalized spacial score (nSPS) is 16.2. The van der Waals surface area contributed by atoms with Crippen molar-refractivity contribution >= 4 is 29.4 Å². The van der Waals surface area contributed by atoms with Crippen LogP contribution in [0.15, 0.2) is 24.3 Å². The lowest BCUT2D eigenvalue weighted by Gasteiger charge is -2.14. The van der Waals surface area contributed by atoms with Gasteiger partial charge in [-0.2, -0.15) is 16.9 Å². The largest absolute Gasteiger partial charge is 0.350 e. The van der Waals surface area contributed by atoms with E-state index in [-0.39, 0.29) is 30.1 Å². The minimum absolute atomic E-state index is 0.0325. The average molecular weight is 402 g/mol. The predicted molar refractivity (Wildman–Crippen MR) is 106 cm³/mol. The molecular weight excluding hydrogens is 379 g/mol. The molecule has 1 aliphatic heterocycles. The molecule has 8 heteroatoms. The van der Waals surface area contributed by atoms with Crippen LogP contribution in [0.2, 0.25) is 0 Å². The number of anilines is 1. The maximum Gasteiger partial charge on any atom is 0.242 e. The van der Waals surface area contributed by atoms with Gasteiger partial charge in [0.05, 0.1) is 5.69 Å². The number of hydrogen-bond acceptors (Lipinski definition) is 4. The van der Waals surface area contributed by atoms with E-state index >= 15 is 0 Å². The van der Waals surface area contributed by atoms with Gasteiger partial charge in [-0.25, -0.2) is 9.07 Å². The third-order valence-electron chi connectivity index (χ3n) is 5.28. The van der Waals surface area contributed by atoms with Crippen LogP contribution < -0.4 is 10.6 Å². The van der Waals surface area contributed by atoms with Crippen LogP contribution in [0.4, 0.5) is 10.2 Å². The summed E-state index contributed by atoms with van der Waals surface area (Å²) in [6, 6.07) is 6.02. The van der Waals surface area contributed by atoms with Crippen LogP contribution in [0.3, 0.4) is 0 Å². The predicted octanol–water partition coefficient (Wildman–Crippen LogP) is 3.21. The van der Waals surface area contributed by atoms with Gasteiger partial charge in [-0.05, 0) is 30.5 Å². The second-order valence-corrected chi connectivity index (χ2v) is 8.28. The molecule has 2 heterocycles. The molecule has 1 aliphatic carbocycles. The molecule has 6 nitrogen and oxygen atoms in total. The number of nitrogens with one attached hydrogen (secondary N) is 2. The van der Waals surface area contributed by atoms with Crippen LogP contribution in [-0.2, 0) is 34.2 Å². The number of carbonyl (C=O) groups excluding carboxylic acids is 2. The molecule has 28 heavy (non-hydrogen) atoms. The van der Waals surface area contributed by atoms with Crippen LogP contribution in [0.25, 0.3) is 0 Å². The fourth-order valence-corrected chi connectivity index (χ4v) is 4.76. The molecule has 2 aliphatic rings. The van der Waals surface area contributed by atoms with E-state index in [4.69, 9.17) is 0 Å². The summed E-state index contributed by atoms with van der Waals surface area (Å²) in [5.74, 6) is 1.84. The Morgan fingerprint density at radius 3 is 2.68 bits per heavy atom. The zero-order valence-corrected chi connectivity index (χ0v) is 16.4. The van der Waals surface area contributed by atoms with Gasteiger partial charge in [-0.3, -0.25) is 9.59 Å². The molecule has 0 bridgehead atoms. The van der Waals surface area contributed by atoms with Crippen molar-refractivity contribution in [2.24, 2.45) is 5.92 Å². The fraction of sp³-hybridized carbons (Fsp3) is 0.450. The van der Waals surface area contributed by atoms with Gasteiger partial charge in [0.2, 0.25) is 11.8 Å². The number of fused-ring (bicyclic) bond motifs is 1. The first kappa shape index (κ1) is 19.0. The summed E-state index contributed by atoms with van der Waals surface area (Å²) in [5, 5.41) is 10.4. The molecule has 0 atom stereocenters. The summed E-state index contributed by atoms with van der Waals surface area (Å²) in [6.07, 6.45) is 4.04. The number of hydrogen-bond donors (Lipinski definition) is 2. The Morgan fingerprint density at radius 1 is 1.18 bits per heavy atom. The summed E-state index contributed by atoms with van der Waals surface area (Å²) in [5.41, 5.74) is 2.80. The van der Waals surface area contributed by atoms with E-state index in [0.29, 0.717) is 12.4 Å². The number of nitrogens with zero attached hydrogens (tertiary/aromatic N) is 2. The number of rotatable bonds is 6. The maximum absolute atomic E-state index is 13.0. The Kier molecular flexibility index (Phi) is 5.66. The van der Waals surface area contributed by atoms with E-state index in [1.165, 1.54) is 12.1 Å². The quantitative estimate of drug-likeness (QED) is 0.778. The second kappa shape index (κ2) is 8.34. The lowest BCUT2D eigenvalue weighted by Crippen LogP contribution is -2.29. The molecule has 2 amide bonds. The summed E-state index contributed by atoms with van der Waals surface area (Å²) in [6.45, 7) is 0.360. The third-order valence-corrected chi connectivity index (χ3v) is 6.25. The average Bonchev–Trinajstić information content (AvgIpc) is 3.41. The van der Waals surface area contributed by atoms with E-state index in [9.17, 15) is 14.0 Å². The van der Waals surface area contributed by atoms with Gasteiger partial charge >= 0.3 is 0 Å². The van der Waals surface area contributed by atoms with Crippen LogP contribution >= 0.6 is 11.8 Å². The molecule has 0 spiro atoms. The molecule has 148 valence electrons. The zero-order valence-electron chi connectivity index (χ0n) is 15.5. The standard InChI is InChI=1S/C20H23FN4O2S/c21-15-7-5-13(6-8-15)9-22-18(26)10-25-19(16-11-28-12-17(16)24-25)23-20(27)14-3-1-2-4-14/h5-8,14H,1-4,9-12H2,(H,22,26)(H,23,27). The van der Waals surface area contributed by atoms with E-state index in [1.54, 1.807) is 28.6 Å². The number of halogens is 1. The van der Waals surface area contributed by atoms with Gasteiger partial charge in [0, 0.05) is 29.5 Å². The summed E-state index contributed by atoms with van der Waals surface area (Å²) >= 11 is 1.76. The van der Waals surface area contributed by atoms with Crippen LogP contribution in [0.5, 0.6) is 0 Å². The third kappa shape index (κ3) is 4.22. The van der Waals surface area contributed by atoms with Crippen LogP contribution in [-0.4, -0.2) is 21.6 Å². The molecule has 4 rings (SSSR count). The molecule has 1 saturated carbocycles. The van der Waals surface area contributed by atoms with E-state index < -0.39 is 0 Å². The molecule has 0 saturated heterocycles. The number of thioether (sulfide) groups is 1. The SMILES string of the molecule is O=C(Cn1nc2c(c1NC(=O)C1CCCC1)CSC2)NCc1ccc(F)cc1. The monoisotopic (exact) mass is 402 g/mol. The van der Waals surface area contributed by atoms with Crippen molar-refractivity contribution in [1.82, 2.24) is 15.1 Å². The first-order chi connectivity index (χ1) is 13.6. The summed E-state index contributed by atoms with van der Waals surface area (Å²) in [7, 11) is 0. The van der Waals surface area contributed by atoms with Crippen LogP contribution in [0, 0.1) is 11.7 Å². The highest BCUT2D eigenvalue weighted by atomic mass is 32.2. The lowest BCUT2D eigenvalue weighted by molar-refractivity contribution is -0.122. The Bertz CT molecular complexity index is 875. The second-order valence-electron chi connectivity index (χ2n) is 7.30. The topological polar surface area (TPSA) is 76.0 Å². The van der Waals surface area contributed by atoms with Gasteiger partial charge in [0.15, 0.2) is 0 Å². The molecule has 2 aromatic rings. The molecule has 1 fully saturated rings. The van der Waals surface area contributed by atoms with Gasteiger partial charge in [-0.15, -0.1) is 0 Å². The van der Waals surface area contributed by atoms with Gasteiger partial charge in [-0.1, -0.05) is 25.0 Å². The number of benzene rings is 1. The highest BCUT2D eigenvalue weighted by Crippen LogP contribution is 2.35. The first-order valence-corrected chi connectivity index (χ1v) is 10.7. The van der Waals surface area contributed by atoms with Crippen molar-refractivity contribution < 1.29 is 14.0 Å². The van der Waals surface area contributed by atoms with Crippen molar-refractivity contribution in [2.75, 3.05) is 5.32 Å². The smallest absolute Gasteiger partial charge is 0.242 e. The summed E-state index contributed by atoms with van der Waals surface area (Å²) in [4.78, 5) is 25.0. The van der Waals surface area contributed by atoms with Crippen molar-refractivity contribution in [1.29, 1.82) is 0 Å². The highest BCUT2D eigenvalue weighted by molar-refractivity contribution is 7.98. The van der Waals surface area contributed by atoms with Gasteiger partial charge < -0.3 is 10.6 Å². The van der Waals surface area contributed by atoms with Crippen molar-refractivity contribution in [3.8, 4) is 0 Å². The molecule has 1 aromatic heterocycles. The number of amides is 2. The highest BCUT2D eigenvalue weighted by Gasteiger charge is 2.28. The number of aromatic nitrogens is 2. The lowest BCUT2D eigenvalue weighted by atomic mass is 10.1. The van der Waals surface area contributed by atoms with Crippen molar-refractivity contribution in [2.45, 2.75) is 50.3 Å². The molecule has 0 radical (unpaired) electrons. The van der Waals surface area contributed by atoms with Gasteiger partial charge in [0.25, 0.3) is 0 Å². The summed E-state index contributed by atoms with van der Waals surface area (Å²) < 4.78 is 14.6. The molecular formula is C20H23FN4O2S. The van der Waals surface area contributed by atoms with E-state index in [0.717, 1.165) is 54.0 Å². The fourth-order valence-electron chi connectivity index (χ4n) is 3.72. The van der Waals surface area contributed by atoms with Crippen molar-refractivity contribution in [3.63, 3.8) is 0 Å². The Hall–Kier alpha value is -2.35. The zero-order chi connectivity index (χ0) is 19.5. The van der Waals surface area contributed by atoms with E-state index in [2.05, 4.69) is 15.7 Å². The minimum Gasteiger partial charge on any atom is -0.350 e. The number of carbonyl (C=O) groups is 2. The maximum atomic E-state index is 13.0. The van der Waals surface area contributed by atoms with Gasteiger partial charge in [0.1, 0.15) is 18.2 Å². The Balaban J connectivity index is 1.42. The Morgan fingerprint density at radius 2 is 1.93 bits per heavy atom. The minimum atomic E-state index is -0.304. The van der Waals surface area contributed by atoms with Crippen LogP contribution in [0.1, 0.15) is 42.5 Å². The molecule has 0 unspecified atom stereocenters. The van der Waals surface area contributed by atoms with Crippen molar-refractivity contribution in [3.05, 3.63) is 46.9 Å². The first-order valence-electron chi connectivity index (χ1n) is 9.58. The molecule has 1 aromatic carbocycles.